The van der Waals surface area contributed by atoms with Crippen molar-refractivity contribution in [2.24, 2.45) is 14.1 Å². The molecule has 0 aliphatic heterocycles. The molecule has 12 nitrogen and oxygen atoms in total. The lowest BCUT2D eigenvalue weighted by Crippen LogP contribution is -2.39. The number of nitrogens with zero attached hydrogens (tertiary/aromatic N) is 6. The molecule has 0 aliphatic rings. The van der Waals surface area contributed by atoms with E-state index < -0.39 is 17.2 Å². The van der Waals surface area contributed by atoms with Gasteiger partial charge in [-0.1, -0.05) is 12.1 Å². The van der Waals surface area contributed by atoms with Crippen LogP contribution in [0.5, 0.6) is 0 Å². The topological polar surface area (TPSA) is 153 Å². The Morgan fingerprint density at radius 1 is 1.14 bits per heavy atom. The highest BCUT2D eigenvalue weighted by atomic mass is 16.4. The Balaban J connectivity index is 1.53. The number of benzene rings is 1. The smallest absolute Gasteiger partial charge is 0.332 e. The van der Waals surface area contributed by atoms with Crippen molar-refractivity contribution in [1.29, 1.82) is 0 Å². The Kier molecular flexibility index (Phi) is 5.63. The number of fused-ring (bicyclic) bond motifs is 2. The van der Waals surface area contributed by atoms with Gasteiger partial charge in [0, 0.05) is 43.3 Å². The van der Waals surface area contributed by atoms with Gasteiger partial charge in [0.25, 0.3) is 5.56 Å². The molecule has 5 aromatic rings. The summed E-state index contributed by atoms with van der Waals surface area (Å²) in [5.41, 5.74) is 2.33. The fourth-order valence-electron chi connectivity index (χ4n) is 4.24. The van der Waals surface area contributed by atoms with Crippen LogP contribution >= 0.6 is 0 Å². The van der Waals surface area contributed by atoms with Gasteiger partial charge in [-0.05, 0) is 30.7 Å². The van der Waals surface area contributed by atoms with Crippen molar-refractivity contribution in [2.75, 3.05) is 5.32 Å². The van der Waals surface area contributed by atoms with E-state index in [1.165, 1.54) is 15.3 Å². The minimum atomic E-state index is -0.938. The predicted octanol–water partition coefficient (Wildman–Crippen LogP) is 1.82. The molecule has 12 heteroatoms. The van der Waals surface area contributed by atoms with Gasteiger partial charge in [-0.25, -0.2) is 14.8 Å². The van der Waals surface area contributed by atoms with Crippen molar-refractivity contribution in [3.8, 4) is 0 Å². The molecule has 184 valence electrons. The summed E-state index contributed by atoms with van der Waals surface area (Å²) in [7, 11) is 3.24. The second-order valence-electron chi connectivity index (χ2n) is 8.61. The summed E-state index contributed by atoms with van der Waals surface area (Å²) in [4.78, 5) is 53.6. The molecule has 0 unspecified atom stereocenters. The zero-order valence-corrected chi connectivity index (χ0v) is 19.9. The van der Waals surface area contributed by atoms with Gasteiger partial charge in [0.1, 0.15) is 11.6 Å². The van der Waals surface area contributed by atoms with Crippen LogP contribution in [-0.4, -0.2) is 44.7 Å². The first-order valence-electron chi connectivity index (χ1n) is 11.3. The van der Waals surface area contributed by atoms with Crippen LogP contribution in [0.15, 0.2) is 46.1 Å². The molecule has 0 atom stereocenters. The van der Waals surface area contributed by atoms with E-state index in [1.54, 1.807) is 24.7 Å². The predicted molar refractivity (Wildman–Crippen MR) is 134 cm³/mol. The van der Waals surface area contributed by atoms with Crippen LogP contribution in [0.3, 0.4) is 0 Å². The number of rotatable bonds is 7. The summed E-state index contributed by atoms with van der Waals surface area (Å²) in [6.07, 6.45) is 1.60. The van der Waals surface area contributed by atoms with Crippen molar-refractivity contribution in [3.63, 3.8) is 0 Å². The maximum atomic E-state index is 13.4. The summed E-state index contributed by atoms with van der Waals surface area (Å²) in [6, 6.07) is 9.47. The van der Waals surface area contributed by atoms with Crippen LogP contribution in [0, 0.1) is 6.92 Å². The highest BCUT2D eigenvalue weighted by Gasteiger charge is 2.19. The van der Waals surface area contributed by atoms with Crippen molar-refractivity contribution in [1.82, 2.24) is 33.6 Å². The molecule has 0 aliphatic carbocycles. The van der Waals surface area contributed by atoms with Crippen molar-refractivity contribution in [2.45, 2.75) is 26.3 Å². The summed E-state index contributed by atoms with van der Waals surface area (Å²) in [5, 5.41) is 13.0. The van der Waals surface area contributed by atoms with E-state index in [0.29, 0.717) is 17.6 Å². The molecule has 1 aromatic carbocycles. The summed E-state index contributed by atoms with van der Waals surface area (Å²) in [5.74, 6) is 0.123. The summed E-state index contributed by atoms with van der Waals surface area (Å²) < 4.78 is 4.10. The fourth-order valence-corrected chi connectivity index (χ4v) is 4.24. The number of aliphatic carboxylic acids is 1. The zero-order valence-electron chi connectivity index (χ0n) is 19.9. The van der Waals surface area contributed by atoms with Gasteiger partial charge < -0.3 is 20.0 Å². The Morgan fingerprint density at radius 3 is 2.69 bits per heavy atom. The minimum absolute atomic E-state index is 0.0857. The Labute approximate surface area is 203 Å². The third-order valence-corrected chi connectivity index (χ3v) is 6.13. The van der Waals surface area contributed by atoms with Gasteiger partial charge in [0.05, 0.1) is 13.0 Å². The number of anilines is 2. The van der Waals surface area contributed by atoms with E-state index in [4.69, 9.17) is 5.11 Å². The number of hydrogen-bond donors (Lipinski definition) is 3. The van der Waals surface area contributed by atoms with Crippen LogP contribution in [0.2, 0.25) is 0 Å². The monoisotopic (exact) mass is 488 g/mol. The van der Waals surface area contributed by atoms with E-state index in [2.05, 4.69) is 25.3 Å². The van der Waals surface area contributed by atoms with Gasteiger partial charge >= 0.3 is 11.7 Å². The summed E-state index contributed by atoms with van der Waals surface area (Å²) >= 11 is 0. The van der Waals surface area contributed by atoms with E-state index in [0.717, 1.165) is 22.2 Å². The van der Waals surface area contributed by atoms with E-state index in [1.807, 2.05) is 31.2 Å². The third-order valence-electron chi connectivity index (χ3n) is 6.13. The number of hydrogen-bond acceptors (Lipinski definition) is 7. The molecule has 4 aromatic heterocycles. The van der Waals surface area contributed by atoms with Crippen molar-refractivity contribution in [3.05, 3.63) is 74.4 Å². The van der Waals surface area contributed by atoms with Gasteiger partial charge in [0.15, 0.2) is 11.2 Å². The number of aromatic amines is 1. The third kappa shape index (κ3) is 4.02. The fraction of sp³-hybridized carbons (Fsp3) is 0.250. The zero-order chi connectivity index (χ0) is 25.6. The first-order valence-corrected chi connectivity index (χ1v) is 11.3. The molecule has 0 saturated heterocycles. The average Bonchev–Trinajstić information content (AvgIpc) is 3.41. The highest BCUT2D eigenvalue weighted by molar-refractivity contribution is 5.83. The average molecular weight is 489 g/mol. The van der Waals surface area contributed by atoms with Crippen LogP contribution in [0.25, 0.3) is 22.1 Å². The molecule has 0 bridgehead atoms. The standard InChI is InChI=1S/C24H24N8O4/c1-13-5-4-6-16-15(13)11-14(26-16)12-32-22(35)20-21(31(3)24(32)36)29-23(30(20)2)28-18-9-10-25-17(27-18)7-8-19(33)34/h4-6,9-11,26H,7-8,12H2,1-3H3,(H,33,34)(H,25,27,28,29). The van der Waals surface area contributed by atoms with E-state index in [9.17, 15) is 14.4 Å². The lowest BCUT2D eigenvalue weighted by molar-refractivity contribution is -0.137. The number of carboxylic acids is 1. The van der Waals surface area contributed by atoms with Crippen molar-refractivity contribution < 1.29 is 9.90 Å². The number of carbonyl (C=O) groups is 1. The quantitative estimate of drug-likeness (QED) is 0.314. The van der Waals surface area contributed by atoms with Gasteiger partial charge in [-0.2, -0.15) is 4.98 Å². The Morgan fingerprint density at radius 2 is 1.94 bits per heavy atom. The van der Waals surface area contributed by atoms with E-state index in [-0.39, 0.29) is 30.6 Å². The lowest BCUT2D eigenvalue weighted by Gasteiger charge is -2.08. The van der Waals surface area contributed by atoms with Crippen molar-refractivity contribution >= 4 is 39.8 Å². The van der Waals surface area contributed by atoms with E-state index >= 15 is 0 Å². The second-order valence-corrected chi connectivity index (χ2v) is 8.61. The lowest BCUT2D eigenvalue weighted by atomic mass is 10.1. The number of aromatic nitrogens is 7. The van der Waals surface area contributed by atoms with Gasteiger partial charge in [0.2, 0.25) is 5.95 Å². The molecule has 5 rings (SSSR count). The molecular weight excluding hydrogens is 464 g/mol. The molecule has 0 amide bonds. The van der Waals surface area contributed by atoms with Crippen LogP contribution in [0.1, 0.15) is 23.5 Å². The molecule has 0 saturated carbocycles. The molecule has 3 N–H and O–H groups in total. The number of imidazole rings is 1. The highest BCUT2D eigenvalue weighted by Crippen LogP contribution is 2.20. The first-order chi connectivity index (χ1) is 17.2. The van der Waals surface area contributed by atoms with Crippen LogP contribution in [0.4, 0.5) is 11.8 Å². The molecule has 36 heavy (non-hydrogen) atoms. The van der Waals surface area contributed by atoms with Gasteiger partial charge in [-0.15, -0.1) is 0 Å². The SMILES string of the molecule is Cc1cccc2[nH]c(Cn3c(=O)c4c(nc(Nc5ccnc(CCC(=O)O)n5)n4C)n(C)c3=O)cc12. The molecular formula is C24H24N8O4. The van der Waals surface area contributed by atoms with Crippen LogP contribution in [-0.2, 0) is 31.9 Å². The minimum Gasteiger partial charge on any atom is -0.481 e. The second kappa shape index (κ2) is 8.80. The largest absolute Gasteiger partial charge is 0.481 e. The number of H-pyrrole nitrogens is 1. The number of nitrogens with one attached hydrogen (secondary N) is 2. The molecule has 0 fully saturated rings. The Hall–Kier alpha value is -4.74. The maximum Gasteiger partial charge on any atom is 0.332 e. The summed E-state index contributed by atoms with van der Waals surface area (Å²) in [6.45, 7) is 2.09. The molecule has 0 spiro atoms. The maximum absolute atomic E-state index is 13.4. The first kappa shape index (κ1) is 23.0. The molecule has 4 heterocycles. The normalized spacial score (nSPS) is 11.4. The number of aryl methyl sites for hydroxylation is 4. The Bertz CT molecular complexity index is 1760. The molecule has 0 radical (unpaired) electrons. The number of carboxylic acid groups (broad SMARTS) is 1. The van der Waals surface area contributed by atoms with Gasteiger partial charge in [-0.3, -0.25) is 18.7 Å². The van der Waals surface area contributed by atoms with Crippen LogP contribution < -0.4 is 16.6 Å².